The van der Waals surface area contributed by atoms with Crippen molar-refractivity contribution in [3.63, 3.8) is 0 Å². The van der Waals surface area contributed by atoms with Gasteiger partial charge < -0.3 is 15.1 Å². The van der Waals surface area contributed by atoms with E-state index in [0.717, 1.165) is 37.7 Å². The third kappa shape index (κ3) is 3.83. The maximum absolute atomic E-state index is 5.47. The molecule has 1 aromatic rings. The zero-order valence-electron chi connectivity index (χ0n) is 11.8. The molecule has 1 aliphatic heterocycles. The van der Waals surface area contributed by atoms with Gasteiger partial charge >= 0.3 is 0 Å². The minimum absolute atomic E-state index is 0.458. The van der Waals surface area contributed by atoms with E-state index < -0.39 is 0 Å². The molecule has 1 aromatic carbocycles. The van der Waals surface area contributed by atoms with Gasteiger partial charge in [0.05, 0.1) is 0 Å². The standard InChI is InChI=1S/C15H23N3S/c1-3-13(2)16-15(19)18-11-9-17(10-12-18)14-7-5-4-6-8-14/h4-8,13H,3,9-12H2,1-2H3,(H,16,19)/t13-/m0/s1. The normalized spacial score (nSPS) is 17.2. The number of anilines is 1. The zero-order valence-corrected chi connectivity index (χ0v) is 12.6. The highest BCUT2D eigenvalue weighted by Gasteiger charge is 2.19. The number of rotatable bonds is 3. The molecule has 0 amide bonds. The first-order valence-corrected chi connectivity index (χ1v) is 7.47. The maximum Gasteiger partial charge on any atom is 0.169 e. The summed E-state index contributed by atoms with van der Waals surface area (Å²) in [5, 5.41) is 4.30. The molecule has 1 heterocycles. The molecule has 19 heavy (non-hydrogen) atoms. The second kappa shape index (κ2) is 6.75. The van der Waals surface area contributed by atoms with Crippen molar-refractivity contribution in [1.82, 2.24) is 10.2 Å². The molecule has 104 valence electrons. The molecule has 0 aliphatic carbocycles. The number of hydrogen-bond acceptors (Lipinski definition) is 2. The molecule has 0 bridgehead atoms. The van der Waals surface area contributed by atoms with Gasteiger partial charge in [0, 0.05) is 37.9 Å². The number of nitrogens with one attached hydrogen (secondary N) is 1. The second-order valence-electron chi connectivity index (χ2n) is 5.07. The lowest BCUT2D eigenvalue weighted by Crippen LogP contribution is -2.53. The van der Waals surface area contributed by atoms with Crippen LogP contribution in [0.4, 0.5) is 5.69 Å². The van der Waals surface area contributed by atoms with Gasteiger partial charge in [-0.2, -0.15) is 0 Å². The number of piperazine rings is 1. The molecule has 4 heteroatoms. The Kier molecular flexibility index (Phi) is 5.02. The quantitative estimate of drug-likeness (QED) is 0.855. The van der Waals surface area contributed by atoms with E-state index in [0.29, 0.717) is 6.04 Å². The van der Waals surface area contributed by atoms with Crippen molar-refractivity contribution >= 4 is 23.0 Å². The fourth-order valence-electron chi connectivity index (χ4n) is 2.21. The molecule has 3 nitrogen and oxygen atoms in total. The van der Waals surface area contributed by atoms with Gasteiger partial charge in [0.2, 0.25) is 0 Å². The number of thiocarbonyl (C=S) groups is 1. The lowest BCUT2D eigenvalue weighted by molar-refractivity contribution is 0.375. The predicted molar refractivity (Wildman–Crippen MR) is 85.7 cm³/mol. The zero-order chi connectivity index (χ0) is 13.7. The molecule has 1 atom stereocenters. The van der Waals surface area contributed by atoms with E-state index in [1.165, 1.54) is 5.69 Å². The topological polar surface area (TPSA) is 18.5 Å². The highest BCUT2D eigenvalue weighted by molar-refractivity contribution is 7.80. The Hall–Kier alpha value is -1.29. The molecule has 0 aromatic heterocycles. The first-order valence-electron chi connectivity index (χ1n) is 7.06. The molecule has 1 aliphatic rings. The third-order valence-corrected chi connectivity index (χ3v) is 4.05. The summed E-state index contributed by atoms with van der Waals surface area (Å²) in [6.45, 7) is 8.41. The highest BCUT2D eigenvalue weighted by atomic mass is 32.1. The average Bonchev–Trinajstić information content (AvgIpc) is 2.48. The predicted octanol–water partition coefficient (Wildman–Crippen LogP) is 2.48. The van der Waals surface area contributed by atoms with Crippen molar-refractivity contribution < 1.29 is 0 Å². The van der Waals surface area contributed by atoms with Crippen LogP contribution in [0, 0.1) is 0 Å². The molecule has 1 saturated heterocycles. The molecule has 2 rings (SSSR count). The number of benzene rings is 1. The van der Waals surface area contributed by atoms with Gasteiger partial charge in [0.1, 0.15) is 0 Å². The molecule has 0 saturated carbocycles. The molecule has 0 spiro atoms. The number of hydrogen-bond donors (Lipinski definition) is 1. The van der Waals surface area contributed by atoms with Gasteiger partial charge in [-0.05, 0) is 37.7 Å². The Morgan fingerprint density at radius 2 is 1.84 bits per heavy atom. The van der Waals surface area contributed by atoms with Gasteiger partial charge in [-0.1, -0.05) is 25.1 Å². The van der Waals surface area contributed by atoms with Crippen molar-refractivity contribution in [2.24, 2.45) is 0 Å². The highest BCUT2D eigenvalue weighted by Crippen LogP contribution is 2.15. The van der Waals surface area contributed by atoms with E-state index in [1.807, 2.05) is 0 Å². The number of nitrogens with zero attached hydrogens (tertiary/aromatic N) is 2. The van der Waals surface area contributed by atoms with Crippen LogP contribution in [0.1, 0.15) is 20.3 Å². The van der Waals surface area contributed by atoms with Crippen LogP contribution >= 0.6 is 12.2 Å². The Balaban J connectivity index is 1.84. The van der Waals surface area contributed by atoms with Crippen molar-refractivity contribution in [3.05, 3.63) is 30.3 Å². The lowest BCUT2D eigenvalue weighted by atomic mass is 10.2. The molecule has 0 radical (unpaired) electrons. The minimum atomic E-state index is 0.458. The van der Waals surface area contributed by atoms with Crippen LogP contribution in [-0.2, 0) is 0 Å². The second-order valence-corrected chi connectivity index (χ2v) is 5.46. The monoisotopic (exact) mass is 277 g/mol. The van der Waals surface area contributed by atoms with E-state index in [2.05, 4.69) is 59.3 Å². The van der Waals surface area contributed by atoms with Gasteiger partial charge in [0.15, 0.2) is 5.11 Å². The van der Waals surface area contributed by atoms with Crippen LogP contribution in [0.15, 0.2) is 30.3 Å². The van der Waals surface area contributed by atoms with E-state index >= 15 is 0 Å². The molecule has 1 N–H and O–H groups in total. The summed E-state index contributed by atoms with van der Waals surface area (Å²) in [6, 6.07) is 11.1. The Bertz CT molecular complexity index is 399. The summed E-state index contributed by atoms with van der Waals surface area (Å²) in [4.78, 5) is 4.70. The minimum Gasteiger partial charge on any atom is -0.368 e. The van der Waals surface area contributed by atoms with Gasteiger partial charge in [-0.25, -0.2) is 0 Å². The summed E-state index contributed by atoms with van der Waals surface area (Å²) in [7, 11) is 0. The first-order chi connectivity index (χ1) is 9.20. The van der Waals surface area contributed by atoms with Crippen LogP contribution in [0.2, 0.25) is 0 Å². The fourth-order valence-corrected chi connectivity index (χ4v) is 2.59. The summed E-state index contributed by atoms with van der Waals surface area (Å²) >= 11 is 5.47. The third-order valence-electron chi connectivity index (χ3n) is 3.67. The van der Waals surface area contributed by atoms with E-state index in [1.54, 1.807) is 0 Å². The van der Waals surface area contributed by atoms with E-state index in [9.17, 15) is 0 Å². The van der Waals surface area contributed by atoms with Gasteiger partial charge in [-0.3, -0.25) is 0 Å². The molecular formula is C15H23N3S. The first kappa shape index (κ1) is 14.1. The molecular weight excluding hydrogens is 254 g/mol. The van der Waals surface area contributed by atoms with Crippen LogP contribution in [0.3, 0.4) is 0 Å². The van der Waals surface area contributed by atoms with Crippen LogP contribution in [-0.4, -0.2) is 42.2 Å². The Labute approximate surface area is 121 Å². The Morgan fingerprint density at radius 3 is 2.42 bits per heavy atom. The average molecular weight is 277 g/mol. The van der Waals surface area contributed by atoms with E-state index in [-0.39, 0.29) is 0 Å². The van der Waals surface area contributed by atoms with Crippen LogP contribution < -0.4 is 10.2 Å². The Morgan fingerprint density at radius 1 is 1.21 bits per heavy atom. The van der Waals surface area contributed by atoms with Gasteiger partial charge in [0.25, 0.3) is 0 Å². The fraction of sp³-hybridized carbons (Fsp3) is 0.533. The van der Waals surface area contributed by atoms with Crippen molar-refractivity contribution in [1.29, 1.82) is 0 Å². The summed E-state index contributed by atoms with van der Waals surface area (Å²) < 4.78 is 0. The largest absolute Gasteiger partial charge is 0.368 e. The van der Waals surface area contributed by atoms with Gasteiger partial charge in [-0.15, -0.1) is 0 Å². The maximum atomic E-state index is 5.47. The molecule has 1 fully saturated rings. The van der Waals surface area contributed by atoms with Crippen LogP contribution in [0.5, 0.6) is 0 Å². The summed E-state index contributed by atoms with van der Waals surface area (Å²) in [6.07, 6.45) is 1.10. The smallest absolute Gasteiger partial charge is 0.169 e. The summed E-state index contributed by atoms with van der Waals surface area (Å²) in [5.41, 5.74) is 1.31. The summed E-state index contributed by atoms with van der Waals surface area (Å²) in [5.74, 6) is 0. The molecule has 0 unspecified atom stereocenters. The van der Waals surface area contributed by atoms with Crippen molar-refractivity contribution in [2.75, 3.05) is 31.1 Å². The van der Waals surface area contributed by atoms with Crippen molar-refractivity contribution in [2.45, 2.75) is 26.3 Å². The van der Waals surface area contributed by atoms with Crippen molar-refractivity contribution in [3.8, 4) is 0 Å². The number of para-hydroxylation sites is 1. The lowest BCUT2D eigenvalue weighted by Gasteiger charge is -2.38. The van der Waals surface area contributed by atoms with Crippen LogP contribution in [0.25, 0.3) is 0 Å². The van der Waals surface area contributed by atoms with E-state index in [4.69, 9.17) is 12.2 Å². The SMILES string of the molecule is CC[C@H](C)NC(=S)N1CCN(c2ccccc2)CC1.